The minimum atomic E-state index is -0.294. The average molecular weight is 518 g/mol. The lowest BCUT2D eigenvalue weighted by Crippen LogP contribution is -2.24. The van der Waals surface area contributed by atoms with Crippen LogP contribution in [0, 0.1) is 19.7 Å². The van der Waals surface area contributed by atoms with Crippen LogP contribution in [0.15, 0.2) is 42.6 Å². The summed E-state index contributed by atoms with van der Waals surface area (Å²) in [6.45, 7) is 3.72. The molecule has 0 aliphatic heterocycles. The highest BCUT2D eigenvalue weighted by Gasteiger charge is 2.16. The van der Waals surface area contributed by atoms with E-state index in [-0.39, 0.29) is 24.7 Å². The lowest BCUT2D eigenvalue weighted by atomic mass is 10.1. The van der Waals surface area contributed by atoms with Gasteiger partial charge in [0, 0.05) is 55.6 Å². The van der Waals surface area contributed by atoms with Crippen LogP contribution in [-0.2, 0) is 17.8 Å². The molecule has 10 heteroatoms. The number of nitrogen functional groups attached to an aromatic ring is 1. The first-order chi connectivity index (χ1) is 18.1. The maximum absolute atomic E-state index is 14.7. The van der Waals surface area contributed by atoms with Gasteiger partial charge in [-0.1, -0.05) is 0 Å². The molecule has 0 atom stereocenters. The second-order valence-corrected chi connectivity index (χ2v) is 9.37. The van der Waals surface area contributed by atoms with Crippen molar-refractivity contribution in [2.75, 3.05) is 44.2 Å². The van der Waals surface area contributed by atoms with Crippen molar-refractivity contribution in [3.05, 3.63) is 70.9 Å². The lowest BCUT2D eigenvalue weighted by molar-refractivity contribution is -0.128. The average Bonchev–Trinajstić information content (AvgIpc) is 2.88. The monoisotopic (exact) mass is 517 g/mol. The third-order valence-corrected chi connectivity index (χ3v) is 6.31. The number of anilines is 4. The zero-order valence-corrected chi connectivity index (χ0v) is 22.5. The predicted molar refractivity (Wildman–Crippen MR) is 148 cm³/mol. The molecule has 198 valence electrons. The fourth-order valence-electron chi connectivity index (χ4n) is 4.21. The molecule has 0 radical (unpaired) electrons. The Labute approximate surface area is 221 Å². The number of fused-ring (bicyclic) bond motifs is 1. The zero-order chi connectivity index (χ0) is 27.6. The quantitative estimate of drug-likeness (QED) is 0.332. The van der Waals surface area contributed by atoms with E-state index in [1.807, 2.05) is 43.1 Å². The number of ether oxygens (including phenoxy) is 1. The van der Waals surface area contributed by atoms with Crippen LogP contribution in [0.3, 0.4) is 0 Å². The van der Waals surface area contributed by atoms with Gasteiger partial charge in [-0.15, -0.1) is 0 Å². The van der Waals surface area contributed by atoms with Crippen molar-refractivity contribution in [3.8, 4) is 5.88 Å². The molecule has 4 rings (SSSR count). The first-order valence-electron chi connectivity index (χ1n) is 12.1. The van der Waals surface area contributed by atoms with Crippen LogP contribution < -0.4 is 20.7 Å². The molecule has 0 unspecified atom stereocenters. The molecule has 0 saturated carbocycles. The first-order valence-corrected chi connectivity index (χ1v) is 12.1. The minimum absolute atomic E-state index is 0.0503. The molecule has 0 saturated heterocycles. The van der Waals surface area contributed by atoms with Crippen LogP contribution in [0.4, 0.5) is 27.3 Å². The number of likely N-dealkylation sites (N-methyl/N-ethyl adjacent to an activating group) is 1. The van der Waals surface area contributed by atoms with Crippen molar-refractivity contribution in [1.29, 1.82) is 0 Å². The smallest absolute Gasteiger partial charge is 0.226 e. The van der Waals surface area contributed by atoms with Crippen LogP contribution in [0.5, 0.6) is 5.88 Å². The van der Waals surface area contributed by atoms with E-state index in [0.717, 1.165) is 22.3 Å². The van der Waals surface area contributed by atoms with Crippen LogP contribution in [0.2, 0.25) is 0 Å². The van der Waals surface area contributed by atoms with Gasteiger partial charge in [-0.25, -0.2) is 19.3 Å². The second-order valence-electron chi connectivity index (χ2n) is 9.37. The highest BCUT2D eigenvalue weighted by atomic mass is 19.1. The molecule has 2 aromatic heterocycles. The van der Waals surface area contributed by atoms with Crippen LogP contribution in [0.25, 0.3) is 10.9 Å². The summed E-state index contributed by atoms with van der Waals surface area (Å²) in [5.74, 6) is 1.26. The third kappa shape index (κ3) is 5.59. The molecule has 2 heterocycles. The van der Waals surface area contributed by atoms with Gasteiger partial charge in [0.1, 0.15) is 17.5 Å². The Morgan fingerprint density at radius 1 is 1.05 bits per heavy atom. The van der Waals surface area contributed by atoms with Crippen LogP contribution >= 0.6 is 0 Å². The van der Waals surface area contributed by atoms with E-state index in [0.29, 0.717) is 39.9 Å². The number of pyridine rings is 1. The Hall–Kier alpha value is -4.47. The van der Waals surface area contributed by atoms with Crippen molar-refractivity contribution in [2.24, 2.45) is 0 Å². The summed E-state index contributed by atoms with van der Waals surface area (Å²) in [7, 11) is 6.87. The Balaban J connectivity index is 1.68. The molecule has 0 fully saturated rings. The number of benzene rings is 2. The van der Waals surface area contributed by atoms with Gasteiger partial charge in [0.15, 0.2) is 0 Å². The number of nitrogens with zero attached hydrogens (tertiary/aromatic N) is 5. The van der Waals surface area contributed by atoms with Gasteiger partial charge in [-0.2, -0.15) is 0 Å². The molecule has 0 bridgehead atoms. The summed E-state index contributed by atoms with van der Waals surface area (Å²) in [6, 6.07) is 11.0. The van der Waals surface area contributed by atoms with E-state index in [2.05, 4.69) is 20.3 Å². The molecule has 0 aliphatic rings. The number of nitrogens with two attached hydrogens (primary N) is 1. The van der Waals surface area contributed by atoms with Gasteiger partial charge in [-0.05, 0) is 55.8 Å². The largest absolute Gasteiger partial charge is 0.481 e. The molecule has 38 heavy (non-hydrogen) atoms. The number of hydrogen-bond donors (Lipinski definition) is 2. The number of rotatable bonds is 8. The number of methoxy groups -OCH3 is 1. The maximum atomic E-state index is 14.7. The number of halogens is 1. The Morgan fingerprint density at radius 3 is 2.53 bits per heavy atom. The van der Waals surface area contributed by atoms with E-state index in [4.69, 9.17) is 10.5 Å². The number of aromatic nitrogens is 3. The number of aryl methyl sites for hydroxylation is 2. The number of carbonyl (C=O) groups excluding carboxylic acids is 1. The second kappa shape index (κ2) is 10.9. The highest BCUT2D eigenvalue weighted by molar-refractivity contribution is 5.92. The van der Waals surface area contributed by atoms with Crippen molar-refractivity contribution in [1.82, 2.24) is 19.9 Å². The Morgan fingerprint density at radius 2 is 1.82 bits per heavy atom. The summed E-state index contributed by atoms with van der Waals surface area (Å²) in [4.78, 5) is 29.4. The summed E-state index contributed by atoms with van der Waals surface area (Å²) < 4.78 is 20.0. The SMILES string of the molecule is COc1ncc(N(C)c2ccc3nc(C)nc(NCc4cc(N)cc(C)c4F)c3c2)cc1CC(=O)N(C)C. The van der Waals surface area contributed by atoms with Crippen LogP contribution in [-0.4, -0.2) is 54.0 Å². The third-order valence-electron chi connectivity index (χ3n) is 6.31. The van der Waals surface area contributed by atoms with E-state index >= 15 is 0 Å². The molecule has 1 amide bonds. The normalized spacial score (nSPS) is 10.9. The summed E-state index contributed by atoms with van der Waals surface area (Å²) >= 11 is 0. The van der Waals surface area contributed by atoms with Gasteiger partial charge in [0.05, 0.1) is 30.9 Å². The predicted octanol–water partition coefficient (Wildman–Crippen LogP) is 4.38. The molecule has 4 aromatic rings. The standard InChI is InChI=1S/C28H32FN7O2/c1-16-9-20(30)10-19(26(16)29)14-31-27-23-13-21(7-8-24(23)33-17(2)34-27)36(5)22-11-18(12-25(37)35(3)4)28(38-6)32-15-22/h7-11,13,15H,12,14,30H2,1-6H3,(H,31,33,34). The van der Waals surface area contributed by atoms with E-state index in [9.17, 15) is 9.18 Å². The topological polar surface area (TPSA) is 109 Å². The number of carbonyl (C=O) groups is 1. The summed E-state index contributed by atoms with van der Waals surface area (Å²) in [6.07, 6.45) is 1.87. The van der Waals surface area contributed by atoms with Crippen molar-refractivity contribution in [2.45, 2.75) is 26.8 Å². The minimum Gasteiger partial charge on any atom is -0.481 e. The maximum Gasteiger partial charge on any atom is 0.226 e. The molecular weight excluding hydrogens is 485 g/mol. The van der Waals surface area contributed by atoms with Gasteiger partial charge < -0.3 is 25.6 Å². The van der Waals surface area contributed by atoms with Gasteiger partial charge >= 0.3 is 0 Å². The van der Waals surface area contributed by atoms with Gasteiger partial charge in [0.2, 0.25) is 11.8 Å². The van der Waals surface area contributed by atoms with E-state index in [1.54, 1.807) is 39.3 Å². The Kier molecular flexibility index (Phi) is 7.61. The molecule has 3 N–H and O–H groups in total. The number of nitrogens with one attached hydrogen (secondary N) is 1. The molecule has 0 aliphatic carbocycles. The fraction of sp³-hybridized carbons (Fsp3) is 0.286. The van der Waals surface area contributed by atoms with E-state index in [1.165, 1.54) is 12.0 Å². The Bertz CT molecular complexity index is 1510. The molecular formula is C28H32FN7O2. The fourth-order valence-corrected chi connectivity index (χ4v) is 4.21. The van der Waals surface area contributed by atoms with Gasteiger partial charge in [-0.3, -0.25) is 4.79 Å². The number of amides is 1. The molecule has 9 nitrogen and oxygen atoms in total. The first kappa shape index (κ1) is 26.6. The van der Waals surface area contributed by atoms with Crippen molar-refractivity contribution in [3.63, 3.8) is 0 Å². The molecule has 2 aromatic carbocycles. The zero-order valence-electron chi connectivity index (χ0n) is 22.5. The van der Waals surface area contributed by atoms with E-state index < -0.39 is 0 Å². The summed E-state index contributed by atoms with van der Waals surface area (Å²) in [5, 5.41) is 4.05. The van der Waals surface area contributed by atoms with Crippen molar-refractivity contribution >= 4 is 39.7 Å². The number of hydrogen-bond acceptors (Lipinski definition) is 8. The molecule has 0 spiro atoms. The van der Waals surface area contributed by atoms with Crippen LogP contribution in [0.1, 0.15) is 22.5 Å². The lowest BCUT2D eigenvalue weighted by Gasteiger charge is -2.22. The van der Waals surface area contributed by atoms with Crippen molar-refractivity contribution < 1.29 is 13.9 Å². The highest BCUT2D eigenvalue weighted by Crippen LogP contribution is 2.31. The summed E-state index contributed by atoms with van der Waals surface area (Å²) in [5.41, 5.74) is 10.5. The van der Waals surface area contributed by atoms with Gasteiger partial charge in [0.25, 0.3) is 0 Å².